The van der Waals surface area contributed by atoms with Crippen LogP contribution in [0.5, 0.6) is 0 Å². The molecule has 1 aliphatic carbocycles. The number of hydrogen-bond acceptors (Lipinski definition) is 2. The van der Waals surface area contributed by atoms with Crippen molar-refractivity contribution in [3.63, 3.8) is 0 Å². The van der Waals surface area contributed by atoms with E-state index >= 15 is 0 Å². The predicted molar refractivity (Wildman–Crippen MR) is 108 cm³/mol. The van der Waals surface area contributed by atoms with Crippen molar-refractivity contribution >= 4 is 29.9 Å². The van der Waals surface area contributed by atoms with Crippen LogP contribution in [0.4, 0.5) is 13.2 Å². The summed E-state index contributed by atoms with van der Waals surface area (Å²) < 4.78 is 40.7. The first-order valence-corrected chi connectivity index (χ1v) is 8.71. The third kappa shape index (κ3) is 9.61. The molecule has 0 aliphatic heterocycles. The van der Waals surface area contributed by atoms with E-state index in [1.807, 2.05) is 12.1 Å². The molecule has 26 heavy (non-hydrogen) atoms. The maximum Gasteiger partial charge on any atom is 0.411 e. The van der Waals surface area contributed by atoms with Crippen molar-refractivity contribution < 1.29 is 17.9 Å². The molecule has 0 unspecified atom stereocenters. The molecule has 2 rings (SSSR count). The Hall–Kier alpha value is -1.03. The molecule has 0 radical (unpaired) electrons. The monoisotopic (exact) mass is 485 g/mol. The Morgan fingerprint density at radius 3 is 2.23 bits per heavy atom. The van der Waals surface area contributed by atoms with E-state index in [-0.39, 0.29) is 30.6 Å². The lowest BCUT2D eigenvalue weighted by molar-refractivity contribution is -0.176. The molecule has 0 saturated heterocycles. The number of hydrogen-bond donors (Lipinski definition) is 2. The summed E-state index contributed by atoms with van der Waals surface area (Å²) in [4.78, 5) is 4.35. The number of guanidine groups is 1. The number of ether oxygens (including phenoxy) is 1. The van der Waals surface area contributed by atoms with E-state index in [1.165, 1.54) is 25.7 Å². The van der Waals surface area contributed by atoms with Gasteiger partial charge in [-0.2, -0.15) is 13.2 Å². The van der Waals surface area contributed by atoms with Crippen LogP contribution >= 0.6 is 24.0 Å². The summed E-state index contributed by atoms with van der Waals surface area (Å²) in [5.74, 6) is 0.449. The minimum Gasteiger partial charge on any atom is -0.370 e. The largest absolute Gasteiger partial charge is 0.411 e. The third-order valence-electron chi connectivity index (χ3n) is 4.20. The van der Waals surface area contributed by atoms with Gasteiger partial charge in [-0.1, -0.05) is 49.9 Å². The molecule has 1 saturated carbocycles. The van der Waals surface area contributed by atoms with Crippen LogP contribution < -0.4 is 11.1 Å². The highest BCUT2D eigenvalue weighted by molar-refractivity contribution is 14.0. The minimum absolute atomic E-state index is 0. The fourth-order valence-corrected chi connectivity index (χ4v) is 2.88. The van der Waals surface area contributed by atoms with Gasteiger partial charge in [0.15, 0.2) is 5.96 Å². The van der Waals surface area contributed by atoms with Crippen LogP contribution in [0, 0.1) is 0 Å². The van der Waals surface area contributed by atoms with Crippen molar-refractivity contribution in [2.24, 2.45) is 10.7 Å². The van der Waals surface area contributed by atoms with Crippen molar-refractivity contribution in [1.82, 2.24) is 5.32 Å². The van der Waals surface area contributed by atoms with Gasteiger partial charge in [0.05, 0.1) is 13.2 Å². The molecule has 0 atom stereocenters. The second-order valence-corrected chi connectivity index (χ2v) is 6.46. The van der Waals surface area contributed by atoms with E-state index in [0.717, 1.165) is 18.4 Å². The van der Waals surface area contributed by atoms with Gasteiger partial charge in [-0.25, -0.2) is 4.99 Å². The molecule has 0 spiro atoms. The summed E-state index contributed by atoms with van der Waals surface area (Å²) in [5.41, 5.74) is 7.60. The van der Waals surface area contributed by atoms with Crippen molar-refractivity contribution in [3.8, 4) is 0 Å². The summed E-state index contributed by atoms with van der Waals surface area (Å²) in [7, 11) is 0. The Kier molecular flexibility index (Phi) is 10.3. The molecule has 1 aromatic carbocycles. The van der Waals surface area contributed by atoms with E-state index in [9.17, 15) is 13.2 Å². The zero-order valence-electron chi connectivity index (χ0n) is 14.7. The SMILES string of the molecule is I.NC(=NCc1ccc(COCC(F)(F)F)cc1)NC1CCCCCC1. The van der Waals surface area contributed by atoms with Crippen LogP contribution in [-0.2, 0) is 17.9 Å². The molecule has 1 aliphatic rings. The maximum absolute atomic E-state index is 12.0. The number of rotatable bonds is 6. The van der Waals surface area contributed by atoms with Gasteiger partial charge in [-0.15, -0.1) is 24.0 Å². The fourth-order valence-electron chi connectivity index (χ4n) is 2.88. The van der Waals surface area contributed by atoms with E-state index in [0.29, 0.717) is 24.1 Å². The lowest BCUT2D eigenvalue weighted by atomic mass is 10.1. The fraction of sp³-hybridized carbons (Fsp3) is 0.611. The molecule has 148 valence electrons. The molecular formula is C18H27F3IN3O. The number of nitrogens with one attached hydrogen (secondary N) is 1. The van der Waals surface area contributed by atoms with Crippen LogP contribution in [0.3, 0.4) is 0 Å². The van der Waals surface area contributed by atoms with Gasteiger partial charge in [0.1, 0.15) is 6.61 Å². The summed E-state index contributed by atoms with van der Waals surface area (Å²) >= 11 is 0. The van der Waals surface area contributed by atoms with E-state index in [1.54, 1.807) is 12.1 Å². The van der Waals surface area contributed by atoms with E-state index < -0.39 is 12.8 Å². The van der Waals surface area contributed by atoms with Gasteiger partial charge >= 0.3 is 6.18 Å². The zero-order valence-corrected chi connectivity index (χ0v) is 17.1. The average Bonchev–Trinajstić information content (AvgIpc) is 2.81. The summed E-state index contributed by atoms with van der Waals surface area (Å²) in [6, 6.07) is 7.55. The molecule has 0 aromatic heterocycles. The molecule has 1 aromatic rings. The Balaban J connectivity index is 0.00000338. The Labute approximate surface area is 169 Å². The van der Waals surface area contributed by atoms with Crippen molar-refractivity contribution in [2.45, 2.75) is 63.9 Å². The Morgan fingerprint density at radius 2 is 1.65 bits per heavy atom. The summed E-state index contributed by atoms with van der Waals surface area (Å²) in [5, 5.41) is 3.28. The first-order chi connectivity index (χ1) is 11.9. The molecule has 1 fully saturated rings. The van der Waals surface area contributed by atoms with Crippen LogP contribution in [0.15, 0.2) is 29.3 Å². The molecule has 8 heteroatoms. The van der Waals surface area contributed by atoms with E-state index in [4.69, 9.17) is 5.73 Å². The normalized spacial score (nSPS) is 16.7. The highest BCUT2D eigenvalue weighted by atomic mass is 127. The molecule has 0 bridgehead atoms. The third-order valence-corrected chi connectivity index (χ3v) is 4.20. The second kappa shape index (κ2) is 11.6. The molecule has 0 amide bonds. The van der Waals surface area contributed by atoms with Crippen LogP contribution in [-0.4, -0.2) is 24.8 Å². The van der Waals surface area contributed by atoms with Crippen LogP contribution in [0.25, 0.3) is 0 Å². The van der Waals surface area contributed by atoms with Gasteiger partial charge < -0.3 is 15.8 Å². The topological polar surface area (TPSA) is 59.6 Å². The van der Waals surface area contributed by atoms with Crippen LogP contribution in [0.1, 0.15) is 49.7 Å². The molecule has 3 N–H and O–H groups in total. The first kappa shape index (κ1) is 23.0. The quantitative estimate of drug-likeness (QED) is 0.270. The second-order valence-electron chi connectivity index (χ2n) is 6.46. The number of aliphatic imine (C=N–C) groups is 1. The highest BCUT2D eigenvalue weighted by Crippen LogP contribution is 2.17. The van der Waals surface area contributed by atoms with Gasteiger partial charge in [0, 0.05) is 6.04 Å². The lowest BCUT2D eigenvalue weighted by Crippen LogP contribution is -2.39. The number of alkyl halides is 3. The minimum atomic E-state index is -4.30. The zero-order chi connectivity index (χ0) is 18.1. The number of nitrogens with zero attached hydrogens (tertiary/aromatic N) is 1. The van der Waals surface area contributed by atoms with Crippen LogP contribution in [0.2, 0.25) is 0 Å². The molecule has 0 heterocycles. The van der Waals surface area contributed by atoms with Crippen molar-refractivity contribution in [1.29, 1.82) is 0 Å². The van der Waals surface area contributed by atoms with Gasteiger partial charge in [-0.3, -0.25) is 0 Å². The van der Waals surface area contributed by atoms with Crippen molar-refractivity contribution in [2.75, 3.05) is 6.61 Å². The molecule has 4 nitrogen and oxygen atoms in total. The predicted octanol–water partition coefficient (Wildman–Crippen LogP) is 4.51. The lowest BCUT2D eigenvalue weighted by Gasteiger charge is -2.16. The van der Waals surface area contributed by atoms with Crippen molar-refractivity contribution in [3.05, 3.63) is 35.4 Å². The van der Waals surface area contributed by atoms with Gasteiger partial charge in [0.25, 0.3) is 0 Å². The van der Waals surface area contributed by atoms with Gasteiger partial charge in [0.2, 0.25) is 0 Å². The number of benzene rings is 1. The maximum atomic E-state index is 12.0. The first-order valence-electron chi connectivity index (χ1n) is 8.71. The van der Waals surface area contributed by atoms with E-state index in [2.05, 4.69) is 15.0 Å². The smallest absolute Gasteiger partial charge is 0.370 e. The Morgan fingerprint density at radius 1 is 1.08 bits per heavy atom. The summed E-state index contributed by atoms with van der Waals surface area (Å²) in [6.07, 6.45) is 2.98. The standard InChI is InChI=1S/C18H26F3N3O.HI/c19-18(20,21)13-25-12-15-9-7-14(8-10-15)11-23-17(22)24-16-5-3-1-2-4-6-16;/h7-10,16H,1-6,11-13H2,(H3,22,23,24);1H. The Bertz CT molecular complexity index is 542. The van der Waals surface area contributed by atoms with Gasteiger partial charge in [-0.05, 0) is 24.0 Å². The average molecular weight is 485 g/mol. The molecular weight excluding hydrogens is 458 g/mol. The summed E-state index contributed by atoms with van der Waals surface area (Å²) in [6.45, 7) is -0.855. The number of nitrogens with two attached hydrogens (primary N) is 1. The number of halogens is 4. The highest BCUT2D eigenvalue weighted by Gasteiger charge is 2.27.